The van der Waals surface area contributed by atoms with Crippen molar-refractivity contribution in [1.82, 2.24) is 5.32 Å². The molecular formula is C8H13NO4S. The van der Waals surface area contributed by atoms with E-state index in [1.807, 2.05) is 0 Å². The molecule has 1 heterocycles. The summed E-state index contributed by atoms with van der Waals surface area (Å²) in [5, 5.41) is 2.41. The minimum Gasteiger partial charge on any atom is -0.445 e. The van der Waals surface area contributed by atoms with Crippen LogP contribution in [0.2, 0.25) is 0 Å². The van der Waals surface area contributed by atoms with E-state index in [9.17, 15) is 13.2 Å². The molecule has 0 aromatic heterocycles. The number of amides is 1. The molecule has 1 N–H and O–H groups in total. The lowest BCUT2D eigenvalue weighted by molar-refractivity contribution is 0.111. The third-order valence-corrected chi connectivity index (χ3v) is 3.59. The third-order valence-electron chi connectivity index (χ3n) is 1.86. The van der Waals surface area contributed by atoms with Crippen LogP contribution in [0.5, 0.6) is 0 Å². The Kier molecular flexibility index (Phi) is 3.51. The molecule has 1 amide bonds. The molecule has 1 aliphatic rings. The second kappa shape index (κ2) is 4.45. The molecule has 0 spiro atoms. The lowest BCUT2D eigenvalue weighted by atomic mass is 10.3. The fraction of sp³-hybridized carbons (Fsp3) is 0.625. The van der Waals surface area contributed by atoms with Crippen molar-refractivity contribution in [3.8, 4) is 0 Å². The summed E-state index contributed by atoms with van der Waals surface area (Å²) in [5.74, 6) is 0.0426. The van der Waals surface area contributed by atoms with Crippen LogP contribution in [0.4, 0.5) is 4.79 Å². The van der Waals surface area contributed by atoms with Gasteiger partial charge < -0.3 is 10.1 Å². The summed E-state index contributed by atoms with van der Waals surface area (Å²) in [4.78, 5) is 11.0. The average Bonchev–Trinajstić information content (AvgIpc) is 2.42. The number of sulfone groups is 1. The first kappa shape index (κ1) is 11.0. The maximum Gasteiger partial charge on any atom is 0.407 e. The maximum absolute atomic E-state index is 11.0. The Morgan fingerprint density at radius 2 is 2.36 bits per heavy atom. The van der Waals surface area contributed by atoms with Crippen molar-refractivity contribution in [1.29, 1.82) is 0 Å². The molecule has 1 saturated heterocycles. The lowest BCUT2D eigenvalue weighted by Gasteiger charge is -2.09. The van der Waals surface area contributed by atoms with Gasteiger partial charge in [0.15, 0.2) is 9.84 Å². The number of alkyl carbamates (subject to hydrolysis) is 1. The van der Waals surface area contributed by atoms with Crippen molar-refractivity contribution in [3.05, 3.63) is 12.7 Å². The quantitative estimate of drug-likeness (QED) is 0.682. The van der Waals surface area contributed by atoms with Crippen molar-refractivity contribution in [3.63, 3.8) is 0 Å². The van der Waals surface area contributed by atoms with Crippen molar-refractivity contribution in [2.45, 2.75) is 12.5 Å². The van der Waals surface area contributed by atoms with E-state index in [0.29, 0.717) is 13.0 Å². The van der Waals surface area contributed by atoms with E-state index in [-0.39, 0.29) is 11.5 Å². The highest BCUT2D eigenvalue weighted by molar-refractivity contribution is 7.91. The Morgan fingerprint density at radius 1 is 1.64 bits per heavy atom. The summed E-state index contributed by atoms with van der Waals surface area (Å²) in [6, 6.07) is 0. The van der Waals surface area contributed by atoms with Crippen LogP contribution in [-0.2, 0) is 14.6 Å². The molecule has 0 aromatic carbocycles. The Bertz CT molecular complexity index is 322. The molecule has 0 unspecified atom stereocenters. The minimum absolute atomic E-state index is 0.0610. The highest BCUT2D eigenvalue weighted by atomic mass is 32.2. The van der Waals surface area contributed by atoms with Crippen molar-refractivity contribution >= 4 is 15.9 Å². The van der Waals surface area contributed by atoms with E-state index in [1.54, 1.807) is 0 Å². The fourth-order valence-electron chi connectivity index (χ4n) is 1.20. The van der Waals surface area contributed by atoms with Gasteiger partial charge in [-0.2, -0.15) is 0 Å². The molecule has 0 aromatic rings. The highest BCUT2D eigenvalue weighted by Gasteiger charge is 2.30. The topological polar surface area (TPSA) is 72.5 Å². The van der Waals surface area contributed by atoms with Crippen LogP contribution in [0, 0.1) is 0 Å². The Labute approximate surface area is 83.0 Å². The zero-order chi connectivity index (χ0) is 10.6. The smallest absolute Gasteiger partial charge is 0.407 e. The summed E-state index contributed by atoms with van der Waals surface area (Å²) in [7, 11) is -2.99. The third kappa shape index (κ3) is 3.37. The normalized spacial score (nSPS) is 24.1. The van der Waals surface area contributed by atoms with Crippen LogP contribution in [-0.4, -0.2) is 38.7 Å². The van der Waals surface area contributed by atoms with Gasteiger partial charge >= 0.3 is 6.09 Å². The zero-order valence-electron chi connectivity index (χ0n) is 7.73. The number of carbonyl (C=O) groups excluding carboxylic acids is 1. The van der Waals surface area contributed by atoms with Gasteiger partial charge in [-0.3, -0.25) is 0 Å². The summed E-state index contributed by atoms with van der Waals surface area (Å²) < 4.78 is 26.9. The molecule has 14 heavy (non-hydrogen) atoms. The molecule has 0 aliphatic carbocycles. The zero-order valence-corrected chi connectivity index (χ0v) is 8.55. The summed E-state index contributed by atoms with van der Waals surface area (Å²) in [6.07, 6.45) is 0.827. The van der Waals surface area contributed by atoms with Crippen LogP contribution in [0.1, 0.15) is 6.42 Å². The molecule has 1 atom stereocenters. The van der Waals surface area contributed by atoms with Gasteiger partial charge in [-0.05, 0) is 6.42 Å². The monoisotopic (exact) mass is 219 g/mol. The number of hydrogen-bond acceptors (Lipinski definition) is 4. The Hall–Kier alpha value is -1.04. The molecule has 0 bridgehead atoms. The van der Waals surface area contributed by atoms with E-state index in [2.05, 4.69) is 11.9 Å². The van der Waals surface area contributed by atoms with Crippen molar-refractivity contribution in [2.75, 3.05) is 18.1 Å². The summed E-state index contributed by atoms with van der Waals surface area (Å²) in [5.41, 5.74) is 0. The van der Waals surface area contributed by atoms with Crippen LogP contribution in [0.3, 0.4) is 0 Å². The number of carbonyl (C=O) groups is 1. The highest BCUT2D eigenvalue weighted by Crippen LogP contribution is 2.14. The average molecular weight is 219 g/mol. The van der Waals surface area contributed by atoms with Crippen LogP contribution >= 0.6 is 0 Å². The summed E-state index contributed by atoms with van der Waals surface area (Å²) in [6.45, 7) is 3.74. The van der Waals surface area contributed by atoms with Gasteiger partial charge in [0.25, 0.3) is 0 Å². The second-order valence-corrected chi connectivity index (χ2v) is 5.33. The van der Waals surface area contributed by atoms with E-state index in [4.69, 9.17) is 4.74 Å². The Balaban J connectivity index is 2.32. The first-order chi connectivity index (χ1) is 6.53. The first-order valence-electron chi connectivity index (χ1n) is 4.29. The van der Waals surface area contributed by atoms with Gasteiger partial charge in [0, 0.05) is 6.54 Å². The largest absolute Gasteiger partial charge is 0.445 e. The summed E-state index contributed by atoms with van der Waals surface area (Å²) >= 11 is 0. The van der Waals surface area contributed by atoms with Crippen LogP contribution in [0.25, 0.3) is 0 Å². The number of rotatable bonds is 3. The minimum atomic E-state index is -2.99. The predicted octanol–water partition coefficient (Wildman–Crippen LogP) is 0.0857. The van der Waals surface area contributed by atoms with Gasteiger partial charge in [0.05, 0.1) is 11.5 Å². The van der Waals surface area contributed by atoms with Crippen molar-refractivity contribution < 1.29 is 17.9 Å². The van der Waals surface area contributed by atoms with E-state index in [0.717, 1.165) is 0 Å². The molecule has 5 nitrogen and oxygen atoms in total. The number of ether oxygens (including phenoxy) is 1. The second-order valence-electron chi connectivity index (χ2n) is 3.10. The number of hydrogen-bond donors (Lipinski definition) is 1. The van der Waals surface area contributed by atoms with Crippen LogP contribution in [0.15, 0.2) is 12.7 Å². The molecule has 1 fully saturated rings. The Morgan fingerprint density at radius 3 is 2.86 bits per heavy atom. The lowest BCUT2D eigenvalue weighted by Crippen LogP contribution is -2.29. The fourth-order valence-corrected chi connectivity index (χ4v) is 2.79. The maximum atomic E-state index is 11.0. The standard InChI is InChI=1S/C8H13NO4S/c1-2-4-9-8(10)13-7-3-5-14(11,12)6-7/h2,7H,1,3-6H2,(H,9,10)/t7-/m0/s1. The molecule has 0 saturated carbocycles. The van der Waals surface area contributed by atoms with Gasteiger partial charge in [0.1, 0.15) is 6.10 Å². The van der Waals surface area contributed by atoms with E-state index >= 15 is 0 Å². The van der Waals surface area contributed by atoms with Gasteiger partial charge in [-0.25, -0.2) is 13.2 Å². The molecular weight excluding hydrogens is 206 g/mol. The molecule has 1 aliphatic heterocycles. The van der Waals surface area contributed by atoms with Crippen molar-refractivity contribution in [2.24, 2.45) is 0 Å². The van der Waals surface area contributed by atoms with Gasteiger partial charge in [-0.15, -0.1) is 6.58 Å². The molecule has 6 heteroatoms. The van der Waals surface area contributed by atoms with E-state index in [1.165, 1.54) is 6.08 Å². The molecule has 0 radical (unpaired) electrons. The SMILES string of the molecule is C=CCNC(=O)O[C@H]1CCS(=O)(=O)C1. The van der Waals surface area contributed by atoms with Gasteiger partial charge in [0.2, 0.25) is 0 Å². The molecule has 80 valence electrons. The first-order valence-corrected chi connectivity index (χ1v) is 6.11. The molecule has 1 rings (SSSR count). The van der Waals surface area contributed by atoms with Crippen LogP contribution < -0.4 is 5.32 Å². The number of nitrogens with one attached hydrogen (secondary N) is 1. The van der Waals surface area contributed by atoms with Gasteiger partial charge in [-0.1, -0.05) is 6.08 Å². The predicted molar refractivity (Wildman–Crippen MR) is 51.7 cm³/mol. The van der Waals surface area contributed by atoms with E-state index < -0.39 is 22.0 Å².